The molecule has 0 aromatic carbocycles. The molecule has 0 bridgehead atoms. The van der Waals surface area contributed by atoms with E-state index in [0.29, 0.717) is 17.4 Å². The van der Waals surface area contributed by atoms with Gasteiger partial charge in [-0.25, -0.2) is 9.97 Å². The van der Waals surface area contributed by atoms with Crippen LogP contribution in [0.15, 0.2) is 6.20 Å². The number of hydrogen-bond acceptors (Lipinski definition) is 3. The minimum absolute atomic E-state index is 0.334. The zero-order chi connectivity index (χ0) is 13.6. The largest absolute Gasteiger partial charge is 0.310 e. The van der Waals surface area contributed by atoms with E-state index in [-0.39, 0.29) is 0 Å². The summed E-state index contributed by atoms with van der Waals surface area (Å²) in [5, 5.41) is 3.59. The Morgan fingerprint density at radius 3 is 2.79 bits per heavy atom. The van der Waals surface area contributed by atoms with Crippen LogP contribution >= 0.6 is 0 Å². The van der Waals surface area contributed by atoms with Crippen LogP contribution in [0.2, 0.25) is 0 Å². The van der Waals surface area contributed by atoms with E-state index in [0.717, 1.165) is 24.7 Å². The molecule has 1 aromatic heterocycles. The van der Waals surface area contributed by atoms with Gasteiger partial charge in [0.15, 0.2) is 0 Å². The van der Waals surface area contributed by atoms with Crippen molar-refractivity contribution in [3.63, 3.8) is 0 Å². The first kappa shape index (κ1) is 13.0. The lowest BCUT2D eigenvalue weighted by atomic mass is 9.74. The summed E-state index contributed by atoms with van der Waals surface area (Å²) >= 11 is 0. The summed E-state index contributed by atoms with van der Waals surface area (Å²) in [5.74, 6) is 2.48. The van der Waals surface area contributed by atoms with Gasteiger partial charge in [0.1, 0.15) is 5.82 Å². The molecule has 3 heteroatoms. The molecule has 3 rings (SSSR count). The SMILES string of the molecule is CCNC1CC(C)(C)Cc2nc(C3CC3C)ncc21. The maximum absolute atomic E-state index is 4.90. The quantitative estimate of drug-likeness (QED) is 0.905. The van der Waals surface area contributed by atoms with Crippen LogP contribution in [0.4, 0.5) is 0 Å². The standard InChI is InChI=1S/C16H25N3/c1-5-17-13-7-16(3,4)8-14-12(13)9-18-15(19-14)11-6-10(11)2/h9-11,13,17H,5-8H2,1-4H3. The summed E-state index contributed by atoms with van der Waals surface area (Å²) in [5.41, 5.74) is 2.95. The van der Waals surface area contributed by atoms with Gasteiger partial charge in [-0.1, -0.05) is 27.7 Å². The van der Waals surface area contributed by atoms with Crippen LogP contribution in [0.3, 0.4) is 0 Å². The molecule has 19 heavy (non-hydrogen) atoms. The average Bonchev–Trinajstić information content (AvgIpc) is 3.04. The van der Waals surface area contributed by atoms with E-state index in [2.05, 4.69) is 44.2 Å². The number of fused-ring (bicyclic) bond motifs is 1. The first-order valence-electron chi connectivity index (χ1n) is 7.59. The van der Waals surface area contributed by atoms with Crippen LogP contribution in [-0.2, 0) is 6.42 Å². The van der Waals surface area contributed by atoms with Crippen LogP contribution in [0, 0.1) is 11.3 Å². The van der Waals surface area contributed by atoms with Gasteiger partial charge < -0.3 is 5.32 Å². The summed E-state index contributed by atoms with van der Waals surface area (Å²) in [7, 11) is 0. The van der Waals surface area contributed by atoms with Crippen molar-refractivity contribution in [1.29, 1.82) is 0 Å². The van der Waals surface area contributed by atoms with Crippen LogP contribution < -0.4 is 5.32 Å². The second-order valence-corrected chi connectivity index (χ2v) is 7.11. The highest BCUT2D eigenvalue weighted by atomic mass is 15.0. The summed E-state index contributed by atoms with van der Waals surface area (Å²) in [4.78, 5) is 9.54. The number of aromatic nitrogens is 2. The van der Waals surface area contributed by atoms with E-state index in [1.54, 1.807) is 0 Å². The third-order valence-corrected chi connectivity index (χ3v) is 4.59. The second-order valence-electron chi connectivity index (χ2n) is 7.11. The predicted octanol–water partition coefficient (Wildman–Crippen LogP) is 3.22. The monoisotopic (exact) mass is 259 g/mol. The highest BCUT2D eigenvalue weighted by Crippen LogP contribution is 2.46. The molecule has 3 nitrogen and oxygen atoms in total. The Balaban J connectivity index is 1.93. The van der Waals surface area contributed by atoms with Gasteiger partial charge >= 0.3 is 0 Å². The summed E-state index contributed by atoms with van der Waals surface area (Å²) in [6.45, 7) is 10.2. The zero-order valence-corrected chi connectivity index (χ0v) is 12.5. The normalized spacial score (nSPS) is 31.9. The molecule has 2 aliphatic rings. The number of hydrogen-bond donors (Lipinski definition) is 1. The van der Waals surface area contributed by atoms with Crippen molar-refractivity contribution in [3.8, 4) is 0 Å². The Labute approximate surface area is 116 Å². The van der Waals surface area contributed by atoms with Crippen molar-refractivity contribution in [3.05, 3.63) is 23.3 Å². The van der Waals surface area contributed by atoms with Gasteiger partial charge in [0, 0.05) is 29.4 Å². The van der Waals surface area contributed by atoms with Crippen LogP contribution in [0.25, 0.3) is 0 Å². The summed E-state index contributed by atoms with van der Waals surface area (Å²) < 4.78 is 0. The van der Waals surface area contributed by atoms with Gasteiger partial charge in [-0.2, -0.15) is 0 Å². The molecular formula is C16H25N3. The molecule has 0 radical (unpaired) electrons. The second kappa shape index (κ2) is 4.55. The molecule has 1 heterocycles. The summed E-state index contributed by atoms with van der Waals surface area (Å²) in [6, 6.07) is 0.425. The smallest absolute Gasteiger partial charge is 0.131 e. The maximum atomic E-state index is 4.90. The maximum Gasteiger partial charge on any atom is 0.131 e. The Kier molecular flexibility index (Phi) is 3.12. The van der Waals surface area contributed by atoms with Gasteiger partial charge in [-0.3, -0.25) is 0 Å². The predicted molar refractivity (Wildman–Crippen MR) is 77.1 cm³/mol. The number of nitrogens with one attached hydrogen (secondary N) is 1. The minimum Gasteiger partial charge on any atom is -0.310 e. The lowest BCUT2D eigenvalue weighted by molar-refractivity contribution is 0.255. The van der Waals surface area contributed by atoms with Crippen LogP contribution in [0.1, 0.15) is 69.6 Å². The molecule has 1 saturated carbocycles. The third kappa shape index (κ3) is 2.53. The van der Waals surface area contributed by atoms with E-state index in [9.17, 15) is 0 Å². The van der Waals surface area contributed by atoms with Gasteiger partial charge in [-0.05, 0) is 37.1 Å². The van der Waals surface area contributed by atoms with Gasteiger partial charge in [0.25, 0.3) is 0 Å². The molecule has 1 fully saturated rings. The van der Waals surface area contributed by atoms with Crippen molar-refractivity contribution < 1.29 is 0 Å². The van der Waals surface area contributed by atoms with E-state index < -0.39 is 0 Å². The van der Waals surface area contributed by atoms with Crippen molar-refractivity contribution in [1.82, 2.24) is 15.3 Å². The van der Waals surface area contributed by atoms with Crippen molar-refractivity contribution in [2.45, 2.75) is 58.9 Å². The van der Waals surface area contributed by atoms with Gasteiger partial charge in [0.05, 0.1) is 0 Å². The van der Waals surface area contributed by atoms with Crippen LogP contribution in [0.5, 0.6) is 0 Å². The summed E-state index contributed by atoms with van der Waals surface area (Å²) in [6.07, 6.45) is 5.61. The molecule has 3 unspecified atom stereocenters. The number of rotatable bonds is 3. The van der Waals surface area contributed by atoms with E-state index in [1.165, 1.54) is 24.1 Å². The third-order valence-electron chi connectivity index (χ3n) is 4.59. The van der Waals surface area contributed by atoms with Crippen LogP contribution in [-0.4, -0.2) is 16.5 Å². The molecule has 0 spiro atoms. The molecule has 0 saturated heterocycles. The van der Waals surface area contributed by atoms with E-state index >= 15 is 0 Å². The Bertz CT molecular complexity index is 481. The van der Waals surface area contributed by atoms with Crippen molar-refractivity contribution in [2.75, 3.05) is 6.54 Å². The minimum atomic E-state index is 0.334. The lowest BCUT2D eigenvalue weighted by Crippen LogP contribution is -2.34. The lowest BCUT2D eigenvalue weighted by Gasteiger charge is -2.36. The van der Waals surface area contributed by atoms with Crippen molar-refractivity contribution in [2.24, 2.45) is 11.3 Å². The highest BCUT2D eigenvalue weighted by Gasteiger charge is 2.38. The fourth-order valence-electron chi connectivity index (χ4n) is 3.35. The topological polar surface area (TPSA) is 37.8 Å². The Morgan fingerprint density at radius 1 is 1.42 bits per heavy atom. The van der Waals surface area contributed by atoms with E-state index in [4.69, 9.17) is 4.98 Å². The average molecular weight is 259 g/mol. The fourth-order valence-corrected chi connectivity index (χ4v) is 3.35. The van der Waals surface area contributed by atoms with Crippen molar-refractivity contribution >= 4 is 0 Å². The molecular weight excluding hydrogens is 234 g/mol. The molecule has 0 aliphatic heterocycles. The highest BCUT2D eigenvalue weighted by molar-refractivity contribution is 5.28. The Morgan fingerprint density at radius 2 is 2.16 bits per heavy atom. The molecule has 2 aliphatic carbocycles. The molecule has 0 amide bonds. The molecule has 1 aromatic rings. The first-order chi connectivity index (χ1) is 9.00. The fraction of sp³-hybridized carbons (Fsp3) is 0.750. The molecule has 1 N–H and O–H groups in total. The molecule has 104 valence electrons. The first-order valence-corrected chi connectivity index (χ1v) is 7.59. The number of nitrogens with zero attached hydrogens (tertiary/aromatic N) is 2. The van der Waals surface area contributed by atoms with E-state index in [1.807, 2.05) is 0 Å². The molecule has 3 atom stereocenters. The zero-order valence-electron chi connectivity index (χ0n) is 12.5. The van der Waals surface area contributed by atoms with Gasteiger partial charge in [-0.15, -0.1) is 0 Å². The Hall–Kier alpha value is -0.960. The van der Waals surface area contributed by atoms with Gasteiger partial charge in [0.2, 0.25) is 0 Å².